The first kappa shape index (κ1) is 10.7. The Hall–Kier alpha value is -0.760. The number of piperidine rings is 1. The molecule has 0 amide bonds. The maximum atomic E-state index is 5.80. The lowest BCUT2D eigenvalue weighted by Crippen LogP contribution is -2.37. The van der Waals surface area contributed by atoms with Crippen molar-refractivity contribution in [1.29, 1.82) is 0 Å². The van der Waals surface area contributed by atoms with Crippen LogP contribution in [0.2, 0.25) is 0 Å². The Kier molecular flexibility index (Phi) is 3.15. The predicted molar refractivity (Wildman–Crippen MR) is 65.2 cm³/mol. The molecule has 3 heteroatoms. The molecule has 1 fully saturated rings. The summed E-state index contributed by atoms with van der Waals surface area (Å²) in [5.74, 6) is 1.84. The second kappa shape index (κ2) is 4.40. The summed E-state index contributed by atoms with van der Waals surface area (Å²) in [6.07, 6.45) is 4.45. The van der Waals surface area contributed by atoms with E-state index in [1.165, 1.54) is 24.3 Å². The van der Waals surface area contributed by atoms with Gasteiger partial charge < -0.3 is 4.90 Å². The van der Waals surface area contributed by atoms with Crippen molar-refractivity contribution in [2.45, 2.75) is 32.6 Å². The number of rotatable bonds is 2. The van der Waals surface area contributed by atoms with Gasteiger partial charge in [0.15, 0.2) is 0 Å². The first-order chi connectivity index (χ1) is 7.24. The second-order valence-electron chi connectivity index (χ2n) is 4.09. The van der Waals surface area contributed by atoms with E-state index in [1.54, 1.807) is 0 Å². The lowest BCUT2D eigenvalue weighted by Gasteiger charge is -2.36. The Balaban J connectivity index is 2.30. The SMILES string of the molecule is C=C1C(CCCl)=C(C)N=C2CCCCN12. The molecule has 0 aromatic heterocycles. The zero-order chi connectivity index (χ0) is 10.8. The van der Waals surface area contributed by atoms with Crippen molar-refractivity contribution < 1.29 is 0 Å². The third-order valence-corrected chi connectivity index (χ3v) is 3.28. The molecular formula is C12H17ClN2. The van der Waals surface area contributed by atoms with Crippen LogP contribution in [0.3, 0.4) is 0 Å². The van der Waals surface area contributed by atoms with E-state index in [1.807, 2.05) is 0 Å². The van der Waals surface area contributed by atoms with Crippen molar-refractivity contribution >= 4 is 17.4 Å². The van der Waals surface area contributed by atoms with Gasteiger partial charge in [-0.25, -0.2) is 4.99 Å². The van der Waals surface area contributed by atoms with Crippen LogP contribution in [-0.4, -0.2) is 23.2 Å². The number of aliphatic imine (C=N–C) groups is 1. The normalized spacial score (nSPS) is 21.6. The van der Waals surface area contributed by atoms with Gasteiger partial charge in [-0.05, 0) is 31.8 Å². The van der Waals surface area contributed by atoms with Crippen molar-refractivity contribution in [2.24, 2.45) is 4.99 Å². The van der Waals surface area contributed by atoms with Crippen molar-refractivity contribution in [3.05, 3.63) is 23.5 Å². The molecule has 0 aromatic rings. The topological polar surface area (TPSA) is 15.6 Å². The molecular weight excluding hydrogens is 208 g/mol. The molecule has 2 rings (SSSR count). The summed E-state index contributed by atoms with van der Waals surface area (Å²) in [7, 11) is 0. The van der Waals surface area contributed by atoms with Crippen LogP contribution in [0.1, 0.15) is 32.6 Å². The second-order valence-corrected chi connectivity index (χ2v) is 4.46. The molecule has 2 nitrogen and oxygen atoms in total. The van der Waals surface area contributed by atoms with Crippen molar-refractivity contribution in [2.75, 3.05) is 12.4 Å². The van der Waals surface area contributed by atoms with E-state index in [9.17, 15) is 0 Å². The van der Waals surface area contributed by atoms with Gasteiger partial charge in [-0.3, -0.25) is 0 Å². The van der Waals surface area contributed by atoms with E-state index in [-0.39, 0.29) is 0 Å². The molecule has 0 N–H and O–H groups in total. The fraction of sp³-hybridized carbons (Fsp3) is 0.583. The molecule has 0 saturated carbocycles. The number of hydrogen-bond acceptors (Lipinski definition) is 2. The maximum absolute atomic E-state index is 5.80. The van der Waals surface area contributed by atoms with E-state index in [0.29, 0.717) is 5.88 Å². The summed E-state index contributed by atoms with van der Waals surface area (Å²) < 4.78 is 0. The van der Waals surface area contributed by atoms with Crippen molar-refractivity contribution in [3.8, 4) is 0 Å². The fourth-order valence-electron chi connectivity index (χ4n) is 2.28. The van der Waals surface area contributed by atoms with Crippen molar-refractivity contribution in [3.63, 3.8) is 0 Å². The van der Waals surface area contributed by atoms with E-state index >= 15 is 0 Å². The summed E-state index contributed by atoms with van der Waals surface area (Å²) in [4.78, 5) is 6.92. The minimum absolute atomic E-state index is 0.643. The number of alkyl halides is 1. The molecule has 1 saturated heterocycles. The quantitative estimate of drug-likeness (QED) is 0.658. The Morgan fingerprint density at radius 2 is 2.27 bits per heavy atom. The third-order valence-electron chi connectivity index (χ3n) is 3.10. The summed E-state index contributed by atoms with van der Waals surface area (Å²) in [5.41, 5.74) is 3.46. The van der Waals surface area contributed by atoms with E-state index in [4.69, 9.17) is 11.6 Å². The number of fused-ring (bicyclic) bond motifs is 1. The third kappa shape index (κ3) is 1.96. The molecule has 2 heterocycles. The first-order valence-corrected chi connectivity index (χ1v) is 6.07. The van der Waals surface area contributed by atoms with Gasteiger partial charge in [0.2, 0.25) is 0 Å². The lowest BCUT2D eigenvalue weighted by atomic mass is 10.0. The van der Waals surface area contributed by atoms with Crippen LogP contribution in [0.25, 0.3) is 0 Å². The smallest absolute Gasteiger partial charge is 0.109 e. The summed E-state index contributed by atoms with van der Waals surface area (Å²) in [6, 6.07) is 0. The lowest BCUT2D eigenvalue weighted by molar-refractivity contribution is 0.438. The zero-order valence-electron chi connectivity index (χ0n) is 9.22. The number of allylic oxidation sites excluding steroid dienone is 2. The minimum atomic E-state index is 0.643. The highest BCUT2D eigenvalue weighted by Crippen LogP contribution is 2.30. The van der Waals surface area contributed by atoms with Gasteiger partial charge in [0.05, 0.1) is 0 Å². The van der Waals surface area contributed by atoms with Gasteiger partial charge >= 0.3 is 0 Å². The van der Waals surface area contributed by atoms with Crippen LogP contribution in [0.4, 0.5) is 0 Å². The van der Waals surface area contributed by atoms with Crippen LogP contribution >= 0.6 is 11.6 Å². The predicted octanol–water partition coefficient (Wildman–Crippen LogP) is 3.30. The summed E-state index contributed by atoms with van der Waals surface area (Å²) >= 11 is 5.80. The highest BCUT2D eigenvalue weighted by Gasteiger charge is 2.25. The van der Waals surface area contributed by atoms with Gasteiger partial charge in [-0.1, -0.05) is 6.58 Å². The van der Waals surface area contributed by atoms with E-state index < -0.39 is 0 Å². The molecule has 0 unspecified atom stereocenters. The molecule has 15 heavy (non-hydrogen) atoms. The van der Waals surface area contributed by atoms with Crippen LogP contribution in [0.5, 0.6) is 0 Å². The molecule has 82 valence electrons. The Morgan fingerprint density at radius 3 is 3.00 bits per heavy atom. The average Bonchev–Trinajstić information content (AvgIpc) is 2.24. The zero-order valence-corrected chi connectivity index (χ0v) is 9.98. The Morgan fingerprint density at radius 1 is 1.47 bits per heavy atom. The number of nitrogens with zero attached hydrogens (tertiary/aromatic N) is 2. The van der Waals surface area contributed by atoms with Gasteiger partial charge in [0.1, 0.15) is 5.84 Å². The van der Waals surface area contributed by atoms with Gasteiger partial charge in [-0.2, -0.15) is 0 Å². The van der Waals surface area contributed by atoms with Gasteiger partial charge in [0, 0.05) is 30.2 Å². The van der Waals surface area contributed by atoms with E-state index in [2.05, 4.69) is 23.4 Å². The maximum Gasteiger partial charge on any atom is 0.109 e. The standard InChI is InChI=1S/C12H17ClN2/c1-9-11(6-7-13)10(2)15-8-4-3-5-12(15)14-9/h2-8H2,1H3. The van der Waals surface area contributed by atoms with Crippen molar-refractivity contribution in [1.82, 2.24) is 4.90 Å². The highest BCUT2D eigenvalue weighted by atomic mass is 35.5. The summed E-state index contributed by atoms with van der Waals surface area (Å²) in [5, 5.41) is 0. The van der Waals surface area contributed by atoms with Crippen LogP contribution < -0.4 is 0 Å². The Labute approximate surface area is 96.3 Å². The number of hydrogen-bond donors (Lipinski definition) is 0. The number of halogens is 1. The van der Waals surface area contributed by atoms with Crippen LogP contribution in [0, 0.1) is 0 Å². The minimum Gasteiger partial charge on any atom is -0.330 e. The molecule has 0 radical (unpaired) electrons. The highest BCUT2D eigenvalue weighted by molar-refractivity contribution is 6.18. The first-order valence-electron chi connectivity index (χ1n) is 5.54. The monoisotopic (exact) mass is 224 g/mol. The largest absolute Gasteiger partial charge is 0.330 e. The van der Waals surface area contributed by atoms with Crippen LogP contribution in [0.15, 0.2) is 28.5 Å². The van der Waals surface area contributed by atoms with Gasteiger partial charge in [-0.15, -0.1) is 11.6 Å². The molecule has 0 atom stereocenters. The fourth-order valence-corrected chi connectivity index (χ4v) is 2.47. The Bertz CT molecular complexity index is 342. The van der Waals surface area contributed by atoms with Crippen LogP contribution in [-0.2, 0) is 0 Å². The van der Waals surface area contributed by atoms with E-state index in [0.717, 1.165) is 30.8 Å². The molecule has 0 bridgehead atoms. The van der Waals surface area contributed by atoms with Gasteiger partial charge in [0.25, 0.3) is 0 Å². The molecule has 2 aliphatic rings. The summed E-state index contributed by atoms with van der Waals surface area (Å²) in [6.45, 7) is 7.31. The average molecular weight is 225 g/mol. The molecule has 0 aromatic carbocycles. The molecule has 0 aliphatic carbocycles. The number of amidine groups is 1. The molecule has 0 spiro atoms. The molecule has 2 aliphatic heterocycles.